The standard InChI is InChI=1S/C10H18N2O3/c1-6-2-11-3-7(6)10(15)12-4-8(13)9(14)5-12/h6-9,11,13-14H,2-5H2,1H3. The van der Waals surface area contributed by atoms with Gasteiger partial charge in [-0.05, 0) is 12.5 Å². The van der Waals surface area contributed by atoms with E-state index in [0.29, 0.717) is 12.5 Å². The van der Waals surface area contributed by atoms with Crippen molar-refractivity contribution < 1.29 is 15.0 Å². The van der Waals surface area contributed by atoms with Gasteiger partial charge in [-0.2, -0.15) is 0 Å². The van der Waals surface area contributed by atoms with Crippen LogP contribution < -0.4 is 5.32 Å². The van der Waals surface area contributed by atoms with Gasteiger partial charge in [0.25, 0.3) is 0 Å². The molecule has 2 heterocycles. The third-order valence-corrected chi connectivity index (χ3v) is 3.41. The fraction of sp³-hybridized carbons (Fsp3) is 0.900. The molecule has 4 atom stereocenters. The molecule has 0 spiro atoms. The van der Waals surface area contributed by atoms with Crippen LogP contribution in [0.2, 0.25) is 0 Å². The molecule has 2 rings (SSSR count). The molecule has 3 N–H and O–H groups in total. The molecule has 0 aromatic heterocycles. The van der Waals surface area contributed by atoms with Gasteiger partial charge >= 0.3 is 0 Å². The van der Waals surface area contributed by atoms with Crippen LogP contribution in [0.25, 0.3) is 0 Å². The van der Waals surface area contributed by atoms with Crippen LogP contribution in [0, 0.1) is 11.8 Å². The quantitative estimate of drug-likeness (QED) is 0.492. The molecule has 0 aromatic carbocycles. The Kier molecular flexibility index (Phi) is 2.95. The average Bonchev–Trinajstić information content (AvgIpc) is 2.74. The molecule has 86 valence electrons. The largest absolute Gasteiger partial charge is 0.388 e. The van der Waals surface area contributed by atoms with Crippen LogP contribution in [0.5, 0.6) is 0 Å². The maximum absolute atomic E-state index is 12.0. The van der Waals surface area contributed by atoms with Crippen molar-refractivity contribution in [3.8, 4) is 0 Å². The molecule has 5 heteroatoms. The number of hydrogen-bond donors (Lipinski definition) is 3. The summed E-state index contributed by atoms with van der Waals surface area (Å²) in [4.78, 5) is 13.6. The van der Waals surface area contributed by atoms with Gasteiger partial charge in [-0.1, -0.05) is 6.92 Å². The summed E-state index contributed by atoms with van der Waals surface area (Å²) in [6, 6.07) is 0. The first kappa shape index (κ1) is 10.9. The van der Waals surface area contributed by atoms with E-state index in [1.165, 1.54) is 0 Å². The summed E-state index contributed by atoms with van der Waals surface area (Å²) in [6.07, 6.45) is -1.56. The number of amides is 1. The summed E-state index contributed by atoms with van der Waals surface area (Å²) < 4.78 is 0. The van der Waals surface area contributed by atoms with E-state index >= 15 is 0 Å². The minimum absolute atomic E-state index is 0.00231. The summed E-state index contributed by atoms with van der Waals surface area (Å²) in [7, 11) is 0. The summed E-state index contributed by atoms with van der Waals surface area (Å²) in [6.45, 7) is 4.16. The molecule has 2 saturated heterocycles. The number of hydrogen-bond acceptors (Lipinski definition) is 4. The second kappa shape index (κ2) is 4.08. The van der Waals surface area contributed by atoms with Gasteiger partial charge in [0.15, 0.2) is 0 Å². The number of likely N-dealkylation sites (tertiary alicyclic amines) is 1. The van der Waals surface area contributed by atoms with E-state index in [1.807, 2.05) is 6.92 Å². The predicted molar refractivity (Wildman–Crippen MR) is 54.1 cm³/mol. The predicted octanol–water partition coefficient (Wildman–Crippen LogP) is -1.59. The number of nitrogens with zero attached hydrogens (tertiary/aromatic N) is 1. The number of rotatable bonds is 1. The fourth-order valence-corrected chi connectivity index (χ4v) is 2.32. The molecule has 2 aliphatic rings. The molecular weight excluding hydrogens is 196 g/mol. The Morgan fingerprint density at radius 1 is 1.27 bits per heavy atom. The van der Waals surface area contributed by atoms with E-state index in [2.05, 4.69) is 5.32 Å². The minimum atomic E-state index is -0.779. The van der Waals surface area contributed by atoms with E-state index in [-0.39, 0.29) is 24.9 Å². The smallest absolute Gasteiger partial charge is 0.227 e. The molecule has 15 heavy (non-hydrogen) atoms. The lowest BCUT2D eigenvalue weighted by Gasteiger charge is -2.21. The van der Waals surface area contributed by atoms with Crippen LogP contribution in [0.3, 0.4) is 0 Å². The maximum Gasteiger partial charge on any atom is 0.227 e. The van der Waals surface area contributed by atoms with Gasteiger partial charge < -0.3 is 20.4 Å². The van der Waals surface area contributed by atoms with Crippen LogP contribution in [-0.4, -0.2) is 59.4 Å². The number of aliphatic hydroxyl groups is 2. The van der Waals surface area contributed by atoms with E-state index in [1.54, 1.807) is 4.90 Å². The van der Waals surface area contributed by atoms with Gasteiger partial charge in [-0.3, -0.25) is 4.79 Å². The SMILES string of the molecule is CC1CNCC1C(=O)N1CC(O)C(O)C1. The van der Waals surface area contributed by atoms with Gasteiger partial charge in [0.05, 0.1) is 18.1 Å². The van der Waals surface area contributed by atoms with E-state index in [0.717, 1.165) is 6.54 Å². The average molecular weight is 214 g/mol. The highest BCUT2D eigenvalue weighted by Crippen LogP contribution is 2.21. The van der Waals surface area contributed by atoms with Crippen molar-refractivity contribution >= 4 is 5.91 Å². The zero-order chi connectivity index (χ0) is 11.0. The summed E-state index contributed by atoms with van der Waals surface area (Å²) in [5.41, 5.74) is 0. The maximum atomic E-state index is 12.0. The third kappa shape index (κ3) is 2.00. The molecule has 0 radical (unpaired) electrons. The fourth-order valence-electron chi connectivity index (χ4n) is 2.32. The zero-order valence-electron chi connectivity index (χ0n) is 8.89. The van der Waals surface area contributed by atoms with Gasteiger partial charge in [-0.25, -0.2) is 0 Å². The van der Waals surface area contributed by atoms with Crippen molar-refractivity contribution in [2.24, 2.45) is 11.8 Å². The summed E-state index contributed by atoms with van der Waals surface area (Å²) in [5, 5.41) is 21.9. The van der Waals surface area contributed by atoms with Crippen LogP contribution >= 0.6 is 0 Å². The zero-order valence-corrected chi connectivity index (χ0v) is 8.89. The number of carbonyl (C=O) groups is 1. The lowest BCUT2D eigenvalue weighted by molar-refractivity contribution is -0.135. The molecule has 0 aromatic rings. The van der Waals surface area contributed by atoms with Crippen molar-refractivity contribution in [1.29, 1.82) is 0 Å². The molecule has 0 saturated carbocycles. The second-order valence-electron chi connectivity index (χ2n) is 4.62. The van der Waals surface area contributed by atoms with Gasteiger partial charge in [0.2, 0.25) is 5.91 Å². The van der Waals surface area contributed by atoms with E-state index < -0.39 is 12.2 Å². The molecule has 2 fully saturated rings. The Hall–Kier alpha value is -0.650. The molecule has 4 unspecified atom stereocenters. The van der Waals surface area contributed by atoms with Crippen LogP contribution in [0.4, 0.5) is 0 Å². The monoisotopic (exact) mass is 214 g/mol. The number of aliphatic hydroxyl groups excluding tert-OH is 2. The Bertz CT molecular complexity index is 249. The highest BCUT2D eigenvalue weighted by atomic mass is 16.3. The van der Waals surface area contributed by atoms with Crippen molar-refractivity contribution in [1.82, 2.24) is 10.2 Å². The third-order valence-electron chi connectivity index (χ3n) is 3.41. The van der Waals surface area contributed by atoms with Gasteiger partial charge in [0.1, 0.15) is 0 Å². The highest BCUT2D eigenvalue weighted by Gasteiger charge is 2.38. The summed E-state index contributed by atoms with van der Waals surface area (Å²) >= 11 is 0. The molecular formula is C10H18N2O3. The van der Waals surface area contributed by atoms with E-state index in [9.17, 15) is 15.0 Å². The molecule has 5 nitrogen and oxygen atoms in total. The lowest BCUT2D eigenvalue weighted by atomic mass is 9.97. The van der Waals surface area contributed by atoms with Gasteiger partial charge in [0, 0.05) is 19.6 Å². The van der Waals surface area contributed by atoms with Crippen LogP contribution in [-0.2, 0) is 4.79 Å². The Labute approximate surface area is 89.1 Å². The molecule has 1 amide bonds. The van der Waals surface area contributed by atoms with Crippen LogP contribution in [0.15, 0.2) is 0 Å². The Morgan fingerprint density at radius 2 is 1.87 bits per heavy atom. The van der Waals surface area contributed by atoms with Crippen LogP contribution in [0.1, 0.15) is 6.92 Å². The first-order chi connectivity index (χ1) is 7.09. The number of nitrogens with one attached hydrogen (secondary N) is 1. The Morgan fingerprint density at radius 3 is 2.33 bits per heavy atom. The lowest BCUT2D eigenvalue weighted by Crippen LogP contribution is -2.38. The molecule has 0 bridgehead atoms. The normalized spacial score (nSPS) is 41.1. The second-order valence-corrected chi connectivity index (χ2v) is 4.62. The Balaban J connectivity index is 1.97. The summed E-state index contributed by atoms with van der Waals surface area (Å²) in [5.74, 6) is 0.401. The van der Waals surface area contributed by atoms with E-state index in [4.69, 9.17) is 0 Å². The highest BCUT2D eigenvalue weighted by molar-refractivity contribution is 5.80. The first-order valence-corrected chi connectivity index (χ1v) is 5.45. The topological polar surface area (TPSA) is 72.8 Å². The van der Waals surface area contributed by atoms with Crippen molar-refractivity contribution in [2.75, 3.05) is 26.2 Å². The minimum Gasteiger partial charge on any atom is -0.388 e. The molecule has 2 aliphatic heterocycles. The van der Waals surface area contributed by atoms with Gasteiger partial charge in [-0.15, -0.1) is 0 Å². The van der Waals surface area contributed by atoms with Crippen molar-refractivity contribution in [3.63, 3.8) is 0 Å². The number of carbonyl (C=O) groups excluding carboxylic acids is 1. The molecule has 0 aliphatic carbocycles. The van der Waals surface area contributed by atoms with Crippen molar-refractivity contribution in [3.05, 3.63) is 0 Å². The van der Waals surface area contributed by atoms with Crippen molar-refractivity contribution in [2.45, 2.75) is 19.1 Å². The first-order valence-electron chi connectivity index (χ1n) is 5.45. The number of β-amino-alcohol motifs (C(OH)–C–C–N with tert-alkyl or cyclic N) is 2.